The van der Waals surface area contributed by atoms with Crippen molar-refractivity contribution in [1.29, 1.82) is 0 Å². The van der Waals surface area contributed by atoms with Gasteiger partial charge in [0.05, 0.1) is 6.61 Å². The number of carboxylic acid groups (broad SMARTS) is 1. The second kappa shape index (κ2) is 36.7. The predicted octanol–water partition coefficient (Wildman–Crippen LogP) is 9.82. The van der Waals surface area contributed by atoms with Crippen molar-refractivity contribution in [3.8, 4) is 0 Å². The summed E-state index contributed by atoms with van der Waals surface area (Å²) in [5, 5.41) is 39.8. The first-order valence-electron chi connectivity index (χ1n) is 22.9. The normalized spacial score (nSPS) is 20.3. The number of hydrogen-bond donors (Lipinski definition) is 4. The molecule has 0 aliphatic carbocycles. The number of carbonyl (C=O) groups is 3. The number of carbonyl (C=O) groups excluding carboxylic acids is 2. The molecule has 0 aromatic carbocycles. The minimum atomic E-state index is -1.86. The lowest BCUT2D eigenvalue weighted by atomic mass is 9.99. The zero-order valence-electron chi connectivity index (χ0n) is 35.8. The van der Waals surface area contributed by atoms with Gasteiger partial charge >= 0.3 is 17.9 Å². The second-order valence-corrected chi connectivity index (χ2v) is 15.9. The number of allylic oxidation sites excluding steroid dienone is 4. The number of hydrogen-bond acceptors (Lipinski definition) is 10. The Morgan fingerprint density at radius 2 is 0.982 bits per heavy atom. The summed E-state index contributed by atoms with van der Waals surface area (Å²) < 4.78 is 21.7. The van der Waals surface area contributed by atoms with Crippen LogP contribution >= 0.6 is 0 Å². The molecule has 57 heavy (non-hydrogen) atoms. The van der Waals surface area contributed by atoms with Gasteiger partial charge < -0.3 is 39.4 Å². The molecule has 1 fully saturated rings. The van der Waals surface area contributed by atoms with Crippen LogP contribution in [0.25, 0.3) is 0 Å². The molecule has 0 aromatic rings. The maximum Gasteiger partial charge on any atom is 0.335 e. The molecule has 0 radical (unpaired) electrons. The van der Waals surface area contributed by atoms with E-state index >= 15 is 0 Å². The standard InChI is InChI=1S/C46H82O11/c1-3-5-7-9-11-13-15-17-19-20-21-23-24-26-28-30-32-34-39(47)54-36-38(37-55-46-43(51)41(49)42(50)44(57-46)45(52)53)56-40(48)35-33-31-29-27-25-22-18-16-14-12-10-8-6-4-2/h11,13,17,19,38,41-44,46,49-51H,3-10,12,14-16,18,20-37H2,1-2H3,(H,52,53)/b13-11-,19-17-. The average Bonchev–Trinajstić information content (AvgIpc) is 3.19. The minimum absolute atomic E-state index is 0.185. The topological polar surface area (TPSA) is 169 Å². The Morgan fingerprint density at radius 3 is 1.49 bits per heavy atom. The molecule has 1 heterocycles. The van der Waals surface area contributed by atoms with Gasteiger partial charge in [-0.25, -0.2) is 4.79 Å². The number of aliphatic carboxylic acids is 1. The number of ether oxygens (including phenoxy) is 4. The molecule has 0 aromatic heterocycles. The summed E-state index contributed by atoms with van der Waals surface area (Å²) in [6.07, 6.45) is 30.8. The Hall–Kier alpha value is -2.31. The highest BCUT2D eigenvalue weighted by atomic mass is 16.7. The van der Waals surface area contributed by atoms with E-state index in [4.69, 9.17) is 18.9 Å². The van der Waals surface area contributed by atoms with Crippen LogP contribution in [0.2, 0.25) is 0 Å². The summed E-state index contributed by atoms with van der Waals surface area (Å²) in [6.45, 7) is 3.79. The number of esters is 2. The number of carboxylic acids is 1. The van der Waals surface area contributed by atoms with E-state index in [1.165, 1.54) is 109 Å². The third-order valence-electron chi connectivity index (χ3n) is 10.6. The quantitative estimate of drug-likeness (QED) is 0.0266. The molecule has 0 bridgehead atoms. The van der Waals surface area contributed by atoms with Crippen LogP contribution in [0.15, 0.2) is 24.3 Å². The molecular weight excluding hydrogens is 728 g/mol. The first-order valence-corrected chi connectivity index (χ1v) is 22.9. The minimum Gasteiger partial charge on any atom is -0.479 e. The van der Waals surface area contributed by atoms with E-state index in [2.05, 4.69) is 38.2 Å². The fourth-order valence-corrected chi connectivity index (χ4v) is 6.91. The fraction of sp³-hybridized carbons (Fsp3) is 0.848. The lowest BCUT2D eigenvalue weighted by Gasteiger charge is -2.38. The van der Waals surface area contributed by atoms with E-state index in [1.54, 1.807) is 0 Å². The molecule has 6 unspecified atom stereocenters. The van der Waals surface area contributed by atoms with Crippen molar-refractivity contribution in [3.63, 3.8) is 0 Å². The molecule has 6 atom stereocenters. The van der Waals surface area contributed by atoms with E-state index in [-0.39, 0.29) is 26.1 Å². The van der Waals surface area contributed by atoms with Crippen LogP contribution in [-0.4, -0.2) is 88.4 Å². The number of rotatable bonds is 38. The molecule has 11 nitrogen and oxygen atoms in total. The SMILES string of the molecule is CCCCC/C=C\C/C=C\CCCCCCCCCC(=O)OCC(COC1OC(C(=O)O)C(O)C(O)C1O)OC(=O)CCCCCCCCCCCCCCCC. The van der Waals surface area contributed by atoms with Crippen molar-refractivity contribution in [1.82, 2.24) is 0 Å². The van der Waals surface area contributed by atoms with Gasteiger partial charge in [0.15, 0.2) is 18.5 Å². The van der Waals surface area contributed by atoms with E-state index < -0.39 is 54.7 Å². The maximum atomic E-state index is 12.8. The van der Waals surface area contributed by atoms with Crippen LogP contribution in [0.5, 0.6) is 0 Å². The molecule has 1 aliphatic rings. The third kappa shape index (κ3) is 28.7. The van der Waals surface area contributed by atoms with Crippen LogP contribution in [0, 0.1) is 0 Å². The summed E-state index contributed by atoms with van der Waals surface area (Å²) in [5.41, 5.74) is 0. The smallest absolute Gasteiger partial charge is 0.335 e. The first kappa shape index (κ1) is 52.7. The van der Waals surface area contributed by atoms with E-state index in [1.807, 2.05) is 0 Å². The number of aliphatic hydroxyl groups excluding tert-OH is 3. The molecule has 1 aliphatic heterocycles. The van der Waals surface area contributed by atoms with Crippen molar-refractivity contribution in [2.45, 2.75) is 237 Å². The van der Waals surface area contributed by atoms with Crippen molar-refractivity contribution in [2.24, 2.45) is 0 Å². The predicted molar refractivity (Wildman–Crippen MR) is 225 cm³/mol. The lowest BCUT2D eigenvalue weighted by Crippen LogP contribution is -2.60. The zero-order chi connectivity index (χ0) is 41.8. The lowest BCUT2D eigenvalue weighted by molar-refractivity contribution is -0.298. The van der Waals surface area contributed by atoms with Crippen LogP contribution in [0.4, 0.5) is 0 Å². The summed E-state index contributed by atoms with van der Waals surface area (Å²) in [6, 6.07) is 0. The van der Waals surface area contributed by atoms with Gasteiger partial charge in [0, 0.05) is 12.8 Å². The number of aliphatic hydroxyl groups is 3. The van der Waals surface area contributed by atoms with Gasteiger partial charge in [-0.1, -0.05) is 167 Å². The molecule has 1 rings (SSSR count). The maximum absolute atomic E-state index is 12.8. The highest BCUT2D eigenvalue weighted by Gasteiger charge is 2.47. The Kier molecular flexibility index (Phi) is 34.0. The van der Waals surface area contributed by atoms with Crippen LogP contribution in [-0.2, 0) is 33.3 Å². The Morgan fingerprint density at radius 1 is 0.544 bits per heavy atom. The van der Waals surface area contributed by atoms with E-state index in [0.29, 0.717) is 12.8 Å². The summed E-state index contributed by atoms with van der Waals surface area (Å²) in [5.74, 6) is -2.44. The van der Waals surface area contributed by atoms with Crippen LogP contribution < -0.4 is 0 Å². The highest BCUT2D eigenvalue weighted by molar-refractivity contribution is 5.73. The van der Waals surface area contributed by atoms with Gasteiger partial charge in [-0.3, -0.25) is 9.59 Å². The summed E-state index contributed by atoms with van der Waals surface area (Å²) in [4.78, 5) is 36.8. The first-order chi connectivity index (χ1) is 27.7. The molecule has 0 spiro atoms. The van der Waals surface area contributed by atoms with Gasteiger partial charge in [0.25, 0.3) is 0 Å². The molecule has 0 saturated carbocycles. The Bertz CT molecular complexity index is 1050. The van der Waals surface area contributed by atoms with E-state index in [0.717, 1.165) is 51.4 Å². The van der Waals surface area contributed by atoms with Gasteiger partial charge in [-0.05, 0) is 44.9 Å². The second-order valence-electron chi connectivity index (χ2n) is 15.9. The molecule has 0 amide bonds. The fourth-order valence-electron chi connectivity index (χ4n) is 6.91. The van der Waals surface area contributed by atoms with Crippen LogP contribution in [0.1, 0.15) is 200 Å². The van der Waals surface area contributed by atoms with Gasteiger partial charge in [0.1, 0.15) is 24.9 Å². The number of unbranched alkanes of at least 4 members (excludes halogenated alkanes) is 23. The molecule has 4 N–H and O–H groups in total. The molecule has 1 saturated heterocycles. The summed E-state index contributed by atoms with van der Waals surface area (Å²) >= 11 is 0. The monoisotopic (exact) mass is 811 g/mol. The van der Waals surface area contributed by atoms with Crippen molar-refractivity contribution in [2.75, 3.05) is 13.2 Å². The van der Waals surface area contributed by atoms with Gasteiger partial charge in [0.2, 0.25) is 0 Å². The van der Waals surface area contributed by atoms with E-state index in [9.17, 15) is 34.8 Å². The molecular formula is C46H82O11. The Balaban J connectivity index is 2.36. The molecule has 332 valence electrons. The van der Waals surface area contributed by atoms with Crippen molar-refractivity contribution in [3.05, 3.63) is 24.3 Å². The van der Waals surface area contributed by atoms with Crippen LogP contribution in [0.3, 0.4) is 0 Å². The van der Waals surface area contributed by atoms with Gasteiger partial charge in [-0.15, -0.1) is 0 Å². The third-order valence-corrected chi connectivity index (χ3v) is 10.6. The average molecular weight is 811 g/mol. The Labute approximate surface area is 345 Å². The molecule has 11 heteroatoms. The zero-order valence-corrected chi connectivity index (χ0v) is 35.8. The largest absolute Gasteiger partial charge is 0.479 e. The van der Waals surface area contributed by atoms with Crippen molar-refractivity contribution < 1.29 is 53.8 Å². The highest BCUT2D eigenvalue weighted by Crippen LogP contribution is 2.23. The van der Waals surface area contributed by atoms with Crippen molar-refractivity contribution >= 4 is 17.9 Å². The van der Waals surface area contributed by atoms with Gasteiger partial charge in [-0.2, -0.15) is 0 Å². The summed E-state index contributed by atoms with van der Waals surface area (Å²) in [7, 11) is 0.